The van der Waals surface area contributed by atoms with Crippen LogP contribution in [0.25, 0.3) is 0 Å². The Morgan fingerprint density at radius 2 is 1.71 bits per heavy atom. The summed E-state index contributed by atoms with van der Waals surface area (Å²) in [5.74, 6) is 4.46. The van der Waals surface area contributed by atoms with Gasteiger partial charge in [0.05, 0.1) is 24.6 Å². The number of carbonyl (C=O) groups excluding carboxylic acids is 3. The van der Waals surface area contributed by atoms with Gasteiger partial charge in [-0.05, 0) is 83.8 Å². The Bertz CT molecular complexity index is 2210. The third-order valence-corrected chi connectivity index (χ3v) is 11.2. The number of ether oxygens (including phenoxy) is 2. The van der Waals surface area contributed by atoms with Crippen molar-refractivity contribution in [1.82, 2.24) is 10.2 Å². The average molecular weight is 734 g/mol. The lowest BCUT2D eigenvalue weighted by atomic mass is 9.65. The second kappa shape index (κ2) is 15.4. The fourth-order valence-corrected chi connectivity index (χ4v) is 9.00. The Kier molecular flexibility index (Phi) is 10.1. The lowest BCUT2D eigenvalue weighted by Crippen LogP contribution is -2.54. The number of cyclic esters (lactones) is 1. The topological polar surface area (TPSA) is 117 Å². The van der Waals surface area contributed by atoms with Crippen LogP contribution in [0.2, 0.25) is 0 Å². The number of anilines is 1. The molecule has 4 aliphatic rings. The second-order valence-corrected chi connectivity index (χ2v) is 14.4. The van der Waals surface area contributed by atoms with Crippen LogP contribution in [0.3, 0.4) is 0 Å². The van der Waals surface area contributed by atoms with E-state index in [0.29, 0.717) is 28.1 Å². The average Bonchev–Trinajstić information content (AvgIpc) is 3.71. The molecule has 8 rings (SSSR count). The largest absolute Gasteiger partial charge is 0.491 e. The van der Waals surface area contributed by atoms with E-state index >= 15 is 4.79 Å². The fourth-order valence-electron chi connectivity index (χ4n) is 9.00. The molecule has 0 radical (unpaired) electrons. The van der Waals surface area contributed by atoms with Crippen molar-refractivity contribution in [2.75, 3.05) is 25.1 Å². The Balaban J connectivity index is 1.41. The van der Waals surface area contributed by atoms with E-state index in [2.05, 4.69) is 35.1 Å². The molecular formula is C46H43N3O6. The lowest BCUT2D eigenvalue weighted by molar-refractivity contribution is -0.178. The molecule has 4 aromatic rings. The van der Waals surface area contributed by atoms with Crippen molar-refractivity contribution in [2.45, 2.75) is 55.3 Å². The molecule has 2 amide bonds. The molecule has 2 fully saturated rings. The van der Waals surface area contributed by atoms with Gasteiger partial charge in [-0.25, -0.2) is 0 Å². The van der Waals surface area contributed by atoms with E-state index in [-0.39, 0.29) is 19.8 Å². The highest BCUT2D eigenvalue weighted by atomic mass is 16.6. The third-order valence-electron chi connectivity index (χ3n) is 11.2. The van der Waals surface area contributed by atoms with Gasteiger partial charge in [0.1, 0.15) is 29.9 Å². The Hall–Kier alpha value is -5.95. The first kappa shape index (κ1) is 36.0. The van der Waals surface area contributed by atoms with Crippen LogP contribution in [-0.2, 0) is 24.5 Å². The molecule has 0 aromatic heterocycles. The number of esters is 1. The predicted octanol–water partition coefficient (Wildman–Crippen LogP) is 6.48. The molecule has 1 spiro atoms. The van der Waals surface area contributed by atoms with E-state index < -0.39 is 53.3 Å². The normalized spacial score (nSPS) is 25.4. The van der Waals surface area contributed by atoms with Gasteiger partial charge >= 0.3 is 5.97 Å². The minimum Gasteiger partial charge on any atom is -0.491 e. The predicted molar refractivity (Wildman–Crippen MR) is 209 cm³/mol. The minimum absolute atomic E-state index is 0.0645. The lowest BCUT2D eigenvalue weighted by Gasteiger charge is -2.46. The molecule has 3 heterocycles. The summed E-state index contributed by atoms with van der Waals surface area (Å²) in [6.45, 7) is 3.82. The van der Waals surface area contributed by atoms with Gasteiger partial charge in [0.25, 0.3) is 0 Å². The van der Waals surface area contributed by atoms with Crippen molar-refractivity contribution in [2.24, 2.45) is 5.92 Å². The highest BCUT2D eigenvalue weighted by Gasteiger charge is 2.74. The molecular weight excluding hydrogens is 691 g/mol. The zero-order valence-electron chi connectivity index (χ0n) is 30.4. The number of amides is 2. The SMILES string of the molecule is C=CCNC(=O)[C@H]1[C@@H]2C(=O)O[C@@H](c3ccccc3)[C@@H](c3ccccc3)N2[C@@H](c2cccc(OCCO)c2)[C@]12C(=O)Nc1ccc(C#CC3=CCCCC3)cc12. The van der Waals surface area contributed by atoms with Gasteiger partial charge in [0.2, 0.25) is 11.8 Å². The smallest absolute Gasteiger partial charge is 0.324 e. The van der Waals surface area contributed by atoms with Crippen LogP contribution >= 0.6 is 0 Å². The maximum absolute atomic E-state index is 15.2. The Morgan fingerprint density at radius 1 is 0.945 bits per heavy atom. The minimum atomic E-state index is -1.64. The molecule has 3 N–H and O–H groups in total. The number of allylic oxidation sites excluding steroid dienone is 2. The summed E-state index contributed by atoms with van der Waals surface area (Å²) >= 11 is 0. The maximum atomic E-state index is 15.2. The van der Waals surface area contributed by atoms with E-state index in [1.54, 1.807) is 12.1 Å². The van der Waals surface area contributed by atoms with Gasteiger partial charge in [-0.1, -0.05) is 96.8 Å². The number of nitrogens with zero attached hydrogens (tertiary/aromatic N) is 1. The maximum Gasteiger partial charge on any atom is 0.324 e. The van der Waals surface area contributed by atoms with E-state index in [1.165, 1.54) is 0 Å². The van der Waals surface area contributed by atoms with Crippen molar-refractivity contribution < 1.29 is 29.0 Å². The van der Waals surface area contributed by atoms with Gasteiger partial charge in [0, 0.05) is 17.8 Å². The van der Waals surface area contributed by atoms with Gasteiger partial charge in [-0.2, -0.15) is 0 Å². The first-order valence-corrected chi connectivity index (χ1v) is 18.9. The summed E-state index contributed by atoms with van der Waals surface area (Å²) in [5.41, 5.74) is 3.57. The summed E-state index contributed by atoms with van der Waals surface area (Å²) in [6, 6.07) is 29.7. The number of fused-ring (bicyclic) bond motifs is 3. The molecule has 0 unspecified atom stereocenters. The summed E-state index contributed by atoms with van der Waals surface area (Å²) in [4.78, 5) is 47.0. The van der Waals surface area contributed by atoms with Crippen LogP contribution in [0, 0.1) is 17.8 Å². The standard InChI is InChI=1S/C46H43N3O6/c1-2-25-47-43(51)38-40-44(52)55-41(33-17-10-5-11-18-33)39(32-15-8-4-9-16-32)49(40)42(34-19-12-20-35(29-34)54-27-26-50)46(38)36-28-31(23-24-37(36)48-45(46)53)22-21-30-13-6-3-7-14-30/h2,4-5,8-13,15-20,23-24,28-29,38-42,50H,1,3,6-7,14,25-27H2,(H,47,51)(H,48,53)/t38-,39-,40-,41+,42+,46-/m1/s1. The highest BCUT2D eigenvalue weighted by Crippen LogP contribution is 2.65. The number of aliphatic hydroxyl groups excluding tert-OH is 1. The summed E-state index contributed by atoms with van der Waals surface area (Å²) in [7, 11) is 0. The van der Waals surface area contributed by atoms with E-state index in [4.69, 9.17) is 9.47 Å². The number of hydrogen-bond donors (Lipinski definition) is 3. The third kappa shape index (κ3) is 6.41. The van der Waals surface area contributed by atoms with Crippen LogP contribution < -0.4 is 15.4 Å². The number of aliphatic hydroxyl groups is 1. The van der Waals surface area contributed by atoms with E-state index in [0.717, 1.165) is 42.4 Å². The molecule has 9 nitrogen and oxygen atoms in total. The summed E-state index contributed by atoms with van der Waals surface area (Å²) in [6.07, 6.45) is 7.15. The summed E-state index contributed by atoms with van der Waals surface area (Å²) < 4.78 is 12.4. The van der Waals surface area contributed by atoms with E-state index in [9.17, 15) is 14.7 Å². The number of rotatable bonds is 9. The van der Waals surface area contributed by atoms with Crippen molar-refractivity contribution in [3.05, 3.63) is 155 Å². The quantitative estimate of drug-likeness (QED) is 0.102. The highest BCUT2D eigenvalue weighted by molar-refractivity contribution is 6.12. The molecule has 0 bridgehead atoms. The second-order valence-electron chi connectivity index (χ2n) is 14.4. The van der Waals surface area contributed by atoms with Crippen LogP contribution in [0.5, 0.6) is 5.75 Å². The molecule has 4 aromatic carbocycles. The Labute approximate surface area is 321 Å². The summed E-state index contributed by atoms with van der Waals surface area (Å²) in [5, 5.41) is 15.7. The number of hydrogen-bond acceptors (Lipinski definition) is 7. The van der Waals surface area contributed by atoms with Gasteiger partial charge < -0.3 is 25.2 Å². The van der Waals surface area contributed by atoms with Crippen molar-refractivity contribution in [1.29, 1.82) is 0 Å². The van der Waals surface area contributed by atoms with Crippen LogP contribution in [0.4, 0.5) is 5.69 Å². The van der Waals surface area contributed by atoms with Crippen molar-refractivity contribution in [3.8, 4) is 17.6 Å². The number of nitrogens with one attached hydrogen (secondary N) is 2. The van der Waals surface area contributed by atoms with Crippen molar-refractivity contribution >= 4 is 23.5 Å². The number of benzene rings is 4. The first-order chi connectivity index (χ1) is 26.9. The zero-order chi connectivity index (χ0) is 37.9. The Morgan fingerprint density at radius 3 is 2.44 bits per heavy atom. The molecule has 0 saturated carbocycles. The fraction of sp³-hybridized carbons (Fsp3) is 0.283. The zero-order valence-corrected chi connectivity index (χ0v) is 30.4. The first-order valence-electron chi connectivity index (χ1n) is 18.9. The molecule has 1 aliphatic carbocycles. The van der Waals surface area contributed by atoms with Gasteiger partial charge in [-0.3, -0.25) is 19.3 Å². The monoisotopic (exact) mass is 733 g/mol. The molecule has 9 heteroatoms. The van der Waals surface area contributed by atoms with Gasteiger partial charge in [-0.15, -0.1) is 6.58 Å². The molecule has 6 atom stereocenters. The van der Waals surface area contributed by atoms with Gasteiger partial charge in [0.15, 0.2) is 0 Å². The molecule has 278 valence electrons. The van der Waals surface area contributed by atoms with Crippen LogP contribution in [0.1, 0.15) is 71.7 Å². The van der Waals surface area contributed by atoms with Crippen molar-refractivity contribution in [3.63, 3.8) is 0 Å². The number of carbonyl (C=O) groups is 3. The van der Waals surface area contributed by atoms with Crippen LogP contribution in [-0.4, -0.2) is 53.6 Å². The molecule has 2 saturated heterocycles. The molecule has 3 aliphatic heterocycles. The molecule has 55 heavy (non-hydrogen) atoms. The van der Waals surface area contributed by atoms with Crippen LogP contribution in [0.15, 0.2) is 127 Å². The van der Waals surface area contributed by atoms with E-state index in [1.807, 2.05) is 102 Å². The number of morpholine rings is 1.